The van der Waals surface area contributed by atoms with Gasteiger partial charge in [-0.2, -0.15) is 18.3 Å². The molecule has 2 atom stereocenters. The molecule has 4 aromatic rings. The Morgan fingerprint density at radius 2 is 1.75 bits per heavy atom. The quantitative estimate of drug-likeness (QED) is 0.151. The molecule has 292 valence electrons. The van der Waals surface area contributed by atoms with Crippen LogP contribution in [0.4, 0.5) is 35.2 Å². The van der Waals surface area contributed by atoms with Crippen LogP contribution in [0.5, 0.6) is 11.5 Å². The number of carbonyl (C=O) groups is 3. The van der Waals surface area contributed by atoms with Gasteiger partial charge in [0, 0.05) is 57.8 Å². The van der Waals surface area contributed by atoms with E-state index in [4.69, 9.17) is 26.9 Å². The average Bonchev–Trinajstić information content (AvgIpc) is 3.66. The first-order chi connectivity index (χ1) is 25.9. The van der Waals surface area contributed by atoms with E-state index in [1.165, 1.54) is 18.2 Å². The van der Waals surface area contributed by atoms with Gasteiger partial charge >= 0.3 is 18.2 Å². The van der Waals surface area contributed by atoms with Crippen molar-refractivity contribution in [1.29, 1.82) is 0 Å². The normalized spacial score (nSPS) is 16.1. The minimum absolute atomic E-state index is 0.0479. The predicted octanol–water partition coefficient (Wildman–Crippen LogP) is 5.44. The van der Waals surface area contributed by atoms with Crippen molar-refractivity contribution in [1.82, 2.24) is 24.9 Å². The maximum Gasteiger partial charge on any atom is 0.490 e. The highest BCUT2D eigenvalue weighted by Crippen LogP contribution is 2.36. The molecular formula is C37H40F3N7O7S. The number of carbonyl (C=O) groups excluding carboxylic acids is 2. The number of ether oxygens (including phenoxy) is 1. The number of aromatic hydroxyl groups is 2. The number of hydrogen-bond donors (Lipinski definition) is 5. The minimum Gasteiger partial charge on any atom is -0.508 e. The van der Waals surface area contributed by atoms with Crippen molar-refractivity contribution in [2.45, 2.75) is 51.4 Å². The first-order valence-electron chi connectivity index (χ1n) is 16.9. The number of fused-ring (bicyclic) bond motifs is 2. The van der Waals surface area contributed by atoms with Crippen LogP contribution in [0.3, 0.4) is 0 Å². The Balaban J connectivity index is 0.000000757. The van der Waals surface area contributed by atoms with Crippen LogP contribution in [-0.4, -0.2) is 96.8 Å². The molecule has 1 saturated heterocycles. The van der Waals surface area contributed by atoms with E-state index in [9.17, 15) is 33.0 Å². The molecular weight excluding hydrogens is 744 g/mol. The molecule has 18 heteroatoms. The molecule has 0 saturated carbocycles. The Bertz CT molecular complexity index is 2070. The summed E-state index contributed by atoms with van der Waals surface area (Å²) in [7, 11) is 5.57. The van der Waals surface area contributed by atoms with E-state index in [1.807, 2.05) is 69.4 Å². The second-order valence-electron chi connectivity index (χ2n) is 13.2. The highest BCUT2D eigenvalue weighted by molar-refractivity contribution is 7.80. The van der Waals surface area contributed by atoms with E-state index in [2.05, 4.69) is 15.7 Å². The van der Waals surface area contributed by atoms with E-state index < -0.39 is 12.1 Å². The Morgan fingerprint density at radius 1 is 1.07 bits per heavy atom. The number of rotatable bonds is 7. The number of amides is 3. The molecule has 55 heavy (non-hydrogen) atoms. The SMILES string of the molecule is Cc1cc(C(=O)N2Cc3cnn(C)c3Nc3ccccc32)ccc1CNC(=O)N1C[C@H](OCc2cc(O)cc(O)c2)C[C@H]1C(=S)N(C)C.O=C(O)C(F)(F)F. The molecule has 6 rings (SSSR count). The van der Waals surface area contributed by atoms with Crippen LogP contribution in [-0.2, 0) is 36.3 Å². The number of likely N-dealkylation sites (tertiary alicyclic amines) is 1. The van der Waals surface area contributed by atoms with Crippen molar-refractivity contribution in [3.63, 3.8) is 0 Å². The number of nitrogens with zero attached hydrogens (tertiary/aromatic N) is 5. The van der Waals surface area contributed by atoms with Crippen molar-refractivity contribution < 1.29 is 47.6 Å². The van der Waals surface area contributed by atoms with Gasteiger partial charge in [-0.15, -0.1) is 0 Å². The van der Waals surface area contributed by atoms with E-state index in [0.29, 0.717) is 35.6 Å². The number of halogens is 3. The summed E-state index contributed by atoms with van der Waals surface area (Å²) in [4.78, 5) is 42.3. The summed E-state index contributed by atoms with van der Waals surface area (Å²) in [5.74, 6) is -2.14. The van der Waals surface area contributed by atoms with Crippen LogP contribution in [0.15, 0.2) is 66.9 Å². The number of alkyl halides is 3. The zero-order chi connectivity index (χ0) is 40.2. The Kier molecular flexibility index (Phi) is 12.2. The summed E-state index contributed by atoms with van der Waals surface area (Å²) in [6.07, 6.45) is -3.09. The van der Waals surface area contributed by atoms with Gasteiger partial charge in [0.1, 0.15) is 22.3 Å². The number of urea groups is 1. The fraction of sp³-hybridized carbons (Fsp3) is 0.324. The predicted molar refractivity (Wildman–Crippen MR) is 200 cm³/mol. The number of hydrogen-bond acceptors (Lipinski definition) is 9. The first kappa shape index (κ1) is 40.3. The minimum atomic E-state index is -5.08. The van der Waals surface area contributed by atoms with Crippen LogP contribution in [0.1, 0.15) is 39.0 Å². The number of carboxylic acid groups (broad SMARTS) is 1. The van der Waals surface area contributed by atoms with E-state index in [1.54, 1.807) is 26.7 Å². The molecule has 5 N–H and O–H groups in total. The number of carboxylic acids is 1. The number of benzene rings is 3. The molecule has 1 aromatic heterocycles. The second-order valence-corrected chi connectivity index (χ2v) is 13.6. The summed E-state index contributed by atoms with van der Waals surface area (Å²) in [6, 6.07) is 17.0. The number of aromatic nitrogens is 2. The summed E-state index contributed by atoms with van der Waals surface area (Å²) in [5.41, 5.74) is 5.45. The lowest BCUT2D eigenvalue weighted by Gasteiger charge is -2.28. The molecule has 0 aliphatic carbocycles. The zero-order valence-corrected chi connectivity index (χ0v) is 31.1. The van der Waals surface area contributed by atoms with Crippen LogP contribution in [0.2, 0.25) is 0 Å². The first-order valence-corrected chi connectivity index (χ1v) is 17.3. The topological polar surface area (TPSA) is 173 Å². The standard InChI is InChI=1S/C35H39N7O5S.C2HF3O2/c1-21-11-23(33(45)41-18-25-17-37-40(4)32(25)38-29-7-5-6-8-30(29)41)9-10-24(21)16-36-35(46)42-19-28(15-31(42)34(48)39(2)3)47-20-22-12-26(43)14-27(44)13-22;3-2(4,5)1(6)7/h5-14,17,28,31,38,43-44H,15-16,18-20H2,1-4H3,(H,36,46);(H,6,7)/t28-,31+;/m1./s1. The Labute approximate surface area is 319 Å². The lowest BCUT2D eigenvalue weighted by molar-refractivity contribution is -0.192. The van der Waals surface area contributed by atoms with Gasteiger partial charge in [-0.1, -0.05) is 30.4 Å². The number of nitrogens with one attached hydrogen (secondary N) is 2. The monoisotopic (exact) mass is 783 g/mol. The van der Waals surface area contributed by atoms with E-state index >= 15 is 0 Å². The number of aryl methyl sites for hydroxylation is 2. The van der Waals surface area contributed by atoms with Gasteiger partial charge in [0.2, 0.25) is 0 Å². The Morgan fingerprint density at radius 3 is 2.38 bits per heavy atom. The lowest BCUT2D eigenvalue weighted by Crippen LogP contribution is -2.48. The third-order valence-corrected chi connectivity index (χ3v) is 9.63. The van der Waals surface area contributed by atoms with Crippen LogP contribution < -0.4 is 15.5 Å². The molecule has 2 aliphatic rings. The van der Waals surface area contributed by atoms with Gasteiger partial charge < -0.3 is 45.4 Å². The fourth-order valence-corrected chi connectivity index (χ4v) is 6.45. The highest BCUT2D eigenvalue weighted by Gasteiger charge is 2.39. The molecule has 14 nitrogen and oxygen atoms in total. The largest absolute Gasteiger partial charge is 0.508 e. The number of thiocarbonyl (C=S) groups is 1. The average molecular weight is 784 g/mol. The number of aliphatic carboxylic acids is 1. The van der Waals surface area contributed by atoms with Gasteiger partial charge in [-0.25, -0.2) is 9.59 Å². The number of anilines is 3. The zero-order valence-electron chi connectivity index (χ0n) is 30.3. The second kappa shape index (κ2) is 16.6. The van der Waals surface area contributed by atoms with Crippen LogP contribution in [0, 0.1) is 6.92 Å². The molecule has 2 aliphatic heterocycles. The number of para-hydroxylation sites is 2. The maximum atomic E-state index is 13.9. The van der Waals surface area contributed by atoms with E-state index in [0.717, 1.165) is 33.9 Å². The van der Waals surface area contributed by atoms with Gasteiger partial charge in [-0.05, 0) is 60.0 Å². The molecule has 0 bridgehead atoms. The van der Waals surface area contributed by atoms with Gasteiger partial charge in [-0.3, -0.25) is 9.48 Å². The maximum absolute atomic E-state index is 13.9. The fourth-order valence-electron chi connectivity index (χ4n) is 6.22. The molecule has 0 spiro atoms. The van der Waals surface area contributed by atoms with Crippen molar-refractivity contribution in [3.05, 3.63) is 94.7 Å². The summed E-state index contributed by atoms with van der Waals surface area (Å²) < 4.78 is 39.6. The third-order valence-electron chi connectivity index (χ3n) is 9.00. The van der Waals surface area contributed by atoms with E-state index in [-0.39, 0.29) is 48.7 Å². The molecule has 1 fully saturated rings. The van der Waals surface area contributed by atoms with Gasteiger partial charge in [0.15, 0.2) is 0 Å². The van der Waals surface area contributed by atoms with Crippen molar-refractivity contribution in [2.24, 2.45) is 7.05 Å². The van der Waals surface area contributed by atoms with Crippen molar-refractivity contribution in [3.8, 4) is 11.5 Å². The van der Waals surface area contributed by atoms with Crippen LogP contribution in [0.25, 0.3) is 0 Å². The summed E-state index contributed by atoms with van der Waals surface area (Å²) >= 11 is 5.68. The molecule has 3 aromatic carbocycles. The smallest absolute Gasteiger partial charge is 0.490 e. The highest BCUT2D eigenvalue weighted by atomic mass is 32.1. The molecule has 0 unspecified atom stereocenters. The number of likely N-dealkylation sites (N-methyl/N-ethyl adjacent to an activating group) is 1. The Hall–Kier alpha value is -5.88. The van der Waals surface area contributed by atoms with Crippen molar-refractivity contribution in [2.75, 3.05) is 30.9 Å². The van der Waals surface area contributed by atoms with Crippen molar-refractivity contribution >= 4 is 52.3 Å². The molecule has 3 heterocycles. The summed E-state index contributed by atoms with van der Waals surface area (Å²) in [6.45, 7) is 3.05. The number of phenolic OH excluding ortho intramolecular Hbond substituents is 2. The van der Waals surface area contributed by atoms with Crippen LogP contribution >= 0.6 is 12.2 Å². The number of phenols is 2. The van der Waals surface area contributed by atoms with Gasteiger partial charge in [0.25, 0.3) is 5.91 Å². The summed E-state index contributed by atoms with van der Waals surface area (Å²) in [5, 5.41) is 37.6. The lowest BCUT2D eigenvalue weighted by atomic mass is 10.0. The molecule has 0 radical (unpaired) electrons. The third kappa shape index (κ3) is 9.63. The molecule has 3 amide bonds. The van der Waals surface area contributed by atoms with Gasteiger partial charge in [0.05, 0.1) is 42.9 Å².